The molecular weight excluding hydrogens is 322 g/mol. The lowest BCUT2D eigenvalue weighted by Crippen LogP contribution is -2.44. The number of nitrogens with one attached hydrogen (secondary N) is 1. The summed E-state index contributed by atoms with van der Waals surface area (Å²) in [5, 5.41) is 16.5. The fourth-order valence-corrected chi connectivity index (χ4v) is 2.53. The second-order valence-electron chi connectivity index (χ2n) is 5.10. The van der Waals surface area contributed by atoms with E-state index in [2.05, 4.69) is 5.32 Å². The number of aliphatic carboxylic acids is 1. The number of sulfonamides is 1. The predicted octanol–water partition coefficient (Wildman–Crippen LogP) is 0.458. The Hall–Kier alpha value is -1.97. The van der Waals surface area contributed by atoms with Crippen LogP contribution in [-0.2, 0) is 19.6 Å². The van der Waals surface area contributed by atoms with Gasteiger partial charge in [0.05, 0.1) is 17.5 Å². The number of rotatable bonds is 8. The smallest absolute Gasteiger partial charge is 0.317 e. The summed E-state index contributed by atoms with van der Waals surface area (Å²) in [4.78, 5) is 24.6. The maximum Gasteiger partial charge on any atom is 0.317 e. The molecule has 0 saturated heterocycles. The van der Waals surface area contributed by atoms with Crippen LogP contribution >= 0.6 is 0 Å². The van der Waals surface area contributed by atoms with Crippen LogP contribution in [-0.4, -0.2) is 49.4 Å². The minimum Gasteiger partial charge on any atom is -0.480 e. The van der Waals surface area contributed by atoms with Gasteiger partial charge in [-0.25, -0.2) is 13.6 Å². The largest absolute Gasteiger partial charge is 0.480 e. The third-order valence-corrected chi connectivity index (χ3v) is 4.16. The lowest BCUT2D eigenvalue weighted by Gasteiger charge is -2.26. The number of nitrogens with two attached hydrogens (primary N) is 1. The molecule has 8 nitrogen and oxygen atoms in total. The van der Waals surface area contributed by atoms with E-state index in [1.807, 2.05) is 6.92 Å². The van der Waals surface area contributed by atoms with Gasteiger partial charge in [-0.1, -0.05) is 6.92 Å². The SMILES string of the molecule is CCCN(CC(=O)O)C(C)C(=O)Nc1ccc(S(N)(=O)=O)cc1. The molecule has 0 aliphatic rings. The van der Waals surface area contributed by atoms with Crippen LogP contribution in [0.4, 0.5) is 5.69 Å². The molecule has 0 saturated carbocycles. The van der Waals surface area contributed by atoms with Crippen LogP contribution in [0.3, 0.4) is 0 Å². The van der Waals surface area contributed by atoms with Crippen LogP contribution in [0.25, 0.3) is 0 Å². The van der Waals surface area contributed by atoms with E-state index in [4.69, 9.17) is 10.2 Å². The van der Waals surface area contributed by atoms with Gasteiger partial charge < -0.3 is 10.4 Å². The molecule has 1 atom stereocenters. The molecule has 1 unspecified atom stereocenters. The zero-order valence-electron chi connectivity index (χ0n) is 13.0. The number of hydrogen-bond acceptors (Lipinski definition) is 5. The summed E-state index contributed by atoms with van der Waals surface area (Å²) in [5.41, 5.74) is 0.404. The molecule has 0 aliphatic heterocycles. The molecule has 23 heavy (non-hydrogen) atoms. The van der Waals surface area contributed by atoms with Crippen molar-refractivity contribution in [1.82, 2.24) is 4.90 Å². The molecule has 9 heteroatoms. The van der Waals surface area contributed by atoms with Crippen molar-refractivity contribution in [2.24, 2.45) is 5.14 Å². The maximum atomic E-state index is 12.2. The van der Waals surface area contributed by atoms with Gasteiger partial charge >= 0.3 is 5.97 Å². The first-order chi connectivity index (χ1) is 10.6. The Morgan fingerprint density at radius 2 is 1.87 bits per heavy atom. The fraction of sp³-hybridized carbons (Fsp3) is 0.429. The summed E-state index contributed by atoms with van der Waals surface area (Å²) in [5.74, 6) is -1.38. The van der Waals surface area contributed by atoms with Crippen LogP contribution in [0.2, 0.25) is 0 Å². The average molecular weight is 343 g/mol. The zero-order valence-corrected chi connectivity index (χ0v) is 13.8. The molecule has 1 rings (SSSR count). The standard InChI is InChI=1S/C14H21N3O5S/c1-3-8-17(9-13(18)19)10(2)14(20)16-11-4-6-12(7-5-11)23(15,21)22/h4-7,10H,3,8-9H2,1-2H3,(H,16,20)(H,18,19)(H2,15,21,22). The van der Waals surface area contributed by atoms with E-state index < -0.39 is 22.0 Å². The van der Waals surface area contributed by atoms with E-state index >= 15 is 0 Å². The summed E-state index contributed by atoms with van der Waals surface area (Å²) in [6, 6.07) is 4.79. The van der Waals surface area contributed by atoms with Crippen molar-refractivity contribution in [3.8, 4) is 0 Å². The molecule has 0 spiro atoms. The highest BCUT2D eigenvalue weighted by Gasteiger charge is 2.22. The number of amides is 1. The van der Waals surface area contributed by atoms with E-state index in [1.165, 1.54) is 24.3 Å². The van der Waals surface area contributed by atoms with E-state index in [0.717, 1.165) is 0 Å². The topological polar surface area (TPSA) is 130 Å². The number of carbonyl (C=O) groups is 2. The van der Waals surface area contributed by atoms with Gasteiger partial charge in [-0.15, -0.1) is 0 Å². The molecule has 0 radical (unpaired) electrons. The van der Waals surface area contributed by atoms with Gasteiger partial charge in [0.25, 0.3) is 0 Å². The van der Waals surface area contributed by atoms with Gasteiger partial charge in [-0.3, -0.25) is 14.5 Å². The third-order valence-electron chi connectivity index (χ3n) is 3.23. The highest BCUT2D eigenvalue weighted by Crippen LogP contribution is 2.14. The molecule has 0 aromatic heterocycles. The number of anilines is 1. The van der Waals surface area contributed by atoms with Crippen LogP contribution in [0.15, 0.2) is 29.2 Å². The van der Waals surface area contributed by atoms with Crippen molar-refractivity contribution >= 4 is 27.6 Å². The minimum atomic E-state index is -3.78. The lowest BCUT2D eigenvalue weighted by atomic mass is 10.2. The summed E-state index contributed by atoms with van der Waals surface area (Å²) in [6.45, 7) is 3.76. The highest BCUT2D eigenvalue weighted by atomic mass is 32.2. The second-order valence-corrected chi connectivity index (χ2v) is 6.66. The van der Waals surface area contributed by atoms with Crippen molar-refractivity contribution in [2.45, 2.75) is 31.2 Å². The summed E-state index contributed by atoms with van der Waals surface area (Å²) >= 11 is 0. The minimum absolute atomic E-state index is 0.0537. The van der Waals surface area contributed by atoms with Gasteiger partial charge in [0.15, 0.2) is 0 Å². The number of carboxylic acids is 1. The van der Waals surface area contributed by atoms with Crippen molar-refractivity contribution < 1.29 is 23.1 Å². The molecule has 1 aromatic carbocycles. The number of carboxylic acid groups (broad SMARTS) is 1. The van der Waals surface area contributed by atoms with E-state index in [1.54, 1.807) is 11.8 Å². The Bertz CT molecular complexity index is 657. The number of nitrogens with zero attached hydrogens (tertiary/aromatic N) is 1. The summed E-state index contributed by atoms with van der Waals surface area (Å²) < 4.78 is 22.3. The molecule has 0 heterocycles. The monoisotopic (exact) mass is 343 g/mol. The highest BCUT2D eigenvalue weighted by molar-refractivity contribution is 7.89. The normalized spacial score (nSPS) is 12.9. The molecular formula is C14H21N3O5S. The molecule has 1 amide bonds. The first kappa shape index (κ1) is 19.1. The van der Waals surface area contributed by atoms with Crippen LogP contribution in [0, 0.1) is 0 Å². The Balaban J connectivity index is 2.79. The van der Waals surface area contributed by atoms with E-state index in [0.29, 0.717) is 18.7 Å². The molecule has 128 valence electrons. The molecule has 0 bridgehead atoms. The molecule has 0 fully saturated rings. The Labute approximate surface area is 135 Å². The van der Waals surface area contributed by atoms with Crippen LogP contribution in [0.1, 0.15) is 20.3 Å². The number of primary sulfonamides is 1. The summed E-state index contributed by atoms with van der Waals surface area (Å²) in [6.07, 6.45) is 0.716. The van der Waals surface area contributed by atoms with Gasteiger partial charge in [-0.05, 0) is 44.2 Å². The fourth-order valence-electron chi connectivity index (χ4n) is 2.01. The van der Waals surface area contributed by atoms with Crippen LogP contribution in [0.5, 0.6) is 0 Å². The molecule has 0 aliphatic carbocycles. The quantitative estimate of drug-likeness (QED) is 0.628. The first-order valence-corrected chi connectivity index (χ1v) is 8.59. The Morgan fingerprint density at radius 3 is 2.30 bits per heavy atom. The van der Waals surface area contributed by atoms with Crippen molar-refractivity contribution in [3.05, 3.63) is 24.3 Å². The lowest BCUT2D eigenvalue weighted by molar-refractivity contribution is -0.139. The molecule has 4 N–H and O–H groups in total. The zero-order chi connectivity index (χ0) is 17.6. The first-order valence-electron chi connectivity index (χ1n) is 7.04. The summed E-state index contributed by atoms with van der Waals surface area (Å²) in [7, 11) is -3.78. The third kappa shape index (κ3) is 5.97. The van der Waals surface area contributed by atoms with Gasteiger partial charge in [0, 0.05) is 5.69 Å². The van der Waals surface area contributed by atoms with Gasteiger partial charge in [0.1, 0.15) is 0 Å². The van der Waals surface area contributed by atoms with E-state index in [9.17, 15) is 18.0 Å². The number of benzene rings is 1. The Kier molecular flexibility index (Phi) is 6.67. The Morgan fingerprint density at radius 1 is 1.30 bits per heavy atom. The molecule has 1 aromatic rings. The van der Waals surface area contributed by atoms with Crippen molar-refractivity contribution in [2.75, 3.05) is 18.4 Å². The van der Waals surface area contributed by atoms with Gasteiger partial charge in [0.2, 0.25) is 15.9 Å². The van der Waals surface area contributed by atoms with E-state index in [-0.39, 0.29) is 17.3 Å². The van der Waals surface area contributed by atoms with Crippen molar-refractivity contribution in [3.63, 3.8) is 0 Å². The maximum absolute atomic E-state index is 12.2. The predicted molar refractivity (Wildman–Crippen MR) is 85.4 cm³/mol. The average Bonchev–Trinajstić information content (AvgIpc) is 2.45. The van der Waals surface area contributed by atoms with Crippen LogP contribution < -0.4 is 10.5 Å². The number of hydrogen-bond donors (Lipinski definition) is 3. The van der Waals surface area contributed by atoms with Gasteiger partial charge in [-0.2, -0.15) is 0 Å². The number of carbonyl (C=O) groups excluding carboxylic acids is 1. The van der Waals surface area contributed by atoms with Crippen molar-refractivity contribution in [1.29, 1.82) is 0 Å². The second kappa shape index (κ2) is 8.04.